The van der Waals surface area contributed by atoms with Gasteiger partial charge >= 0.3 is 18.0 Å². The van der Waals surface area contributed by atoms with E-state index in [-0.39, 0.29) is 6.61 Å². The van der Waals surface area contributed by atoms with Crippen LogP contribution in [0, 0.1) is 0 Å². The first-order chi connectivity index (χ1) is 15.8. The fourth-order valence-corrected chi connectivity index (χ4v) is 2.97. The molecule has 1 rings (SSSR count). The second-order valence-electron chi connectivity index (χ2n) is 8.89. The van der Waals surface area contributed by atoms with Crippen LogP contribution in [0.3, 0.4) is 0 Å². The molecule has 1 aromatic carbocycles. The summed E-state index contributed by atoms with van der Waals surface area (Å²) in [5.41, 5.74) is -0.0161. The number of carbonyl (C=O) groups is 4. The van der Waals surface area contributed by atoms with E-state index < -0.39 is 53.8 Å². The number of hydrogen-bond acceptors (Lipinski definition) is 8. The van der Waals surface area contributed by atoms with E-state index in [1.165, 1.54) is 28.0 Å². The van der Waals surface area contributed by atoms with Crippen LogP contribution in [0.2, 0.25) is 0 Å². The van der Waals surface area contributed by atoms with Crippen molar-refractivity contribution in [3.8, 4) is 0 Å². The molecule has 0 aromatic heterocycles. The highest BCUT2D eigenvalue weighted by Gasteiger charge is 2.39. The van der Waals surface area contributed by atoms with Crippen LogP contribution in [-0.2, 0) is 39.9 Å². The van der Waals surface area contributed by atoms with Crippen molar-refractivity contribution >= 4 is 23.9 Å². The van der Waals surface area contributed by atoms with E-state index in [2.05, 4.69) is 5.32 Å². The van der Waals surface area contributed by atoms with Gasteiger partial charge in [0, 0.05) is 21.1 Å². The summed E-state index contributed by atoms with van der Waals surface area (Å²) >= 11 is 0. The lowest BCUT2D eigenvalue weighted by molar-refractivity contribution is -0.165. The maximum Gasteiger partial charge on any atom is 0.410 e. The summed E-state index contributed by atoms with van der Waals surface area (Å²) in [6.07, 6.45) is -2.59. The van der Waals surface area contributed by atoms with Crippen molar-refractivity contribution < 1.29 is 38.1 Å². The molecule has 0 unspecified atom stereocenters. The maximum atomic E-state index is 13.0. The van der Waals surface area contributed by atoms with E-state index >= 15 is 0 Å². The number of esters is 2. The Morgan fingerprint density at radius 1 is 1.00 bits per heavy atom. The molecule has 1 N–H and O–H groups in total. The van der Waals surface area contributed by atoms with Crippen LogP contribution < -0.4 is 5.32 Å². The Morgan fingerprint density at radius 2 is 1.59 bits per heavy atom. The fraction of sp³-hybridized carbons (Fsp3) is 0.583. The van der Waals surface area contributed by atoms with Crippen molar-refractivity contribution in [1.82, 2.24) is 10.2 Å². The van der Waals surface area contributed by atoms with E-state index in [4.69, 9.17) is 18.9 Å². The number of benzene rings is 1. The highest BCUT2D eigenvalue weighted by atomic mass is 16.6. The average Bonchev–Trinajstić information content (AvgIpc) is 2.74. The normalized spacial score (nSPS) is 14.7. The number of likely N-dealkylation sites (N-methyl/N-ethyl adjacent to an activating group) is 1. The second-order valence-corrected chi connectivity index (χ2v) is 8.89. The summed E-state index contributed by atoms with van der Waals surface area (Å²) < 4.78 is 21.4. The van der Waals surface area contributed by atoms with E-state index in [9.17, 15) is 19.2 Å². The van der Waals surface area contributed by atoms with Gasteiger partial charge in [0.05, 0.1) is 6.10 Å². The molecular weight excluding hydrogens is 444 g/mol. The first kappa shape index (κ1) is 28.9. The molecule has 0 heterocycles. The van der Waals surface area contributed by atoms with Crippen LogP contribution >= 0.6 is 0 Å². The summed E-state index contributed by atoms with van der Waals surface area (Å²) in [5.74, 6) is -2.10. The van der Waals surface area contributed by atoms with Crippen LogP contribution in [0.25, 0.3) is 0 Å². The molecule has 0 fully saturated rings. The number of rotatable bonds is 10. The highest BCUT2D eigenvalue weighted by Crippen LogP contribution is 2.16. The molecule has 190 valence electrons. The Labute approximate surface area is 200 Å². The maximum absolute atomic E-state index is 13.0. The number of hydrogen-bond donors (Lipinski definition) is 1. The van der Waals surface area contributed by atoms with E-state index in [1.807, 2.05) is 6.07 Å². The Kier molecular flexibility index (Phi) is 11.0. The van der Waals surface area contributed by atoms with E-state index in [0.717, 1.165) is 10.5 Å². The minimum absolute atomic E-state index is 0.0128. The third-order valence-electron chi connectivity index (χ3n) is 4.76. The third-order valence-corrected chi connectivity index (χ3v) is 4.76. The molecule has 0 aliphatic carbocycles. The predicted octanol–water partition coefficient (Wildman–Crippen LogP) is 2.44. The highest BCUT2D eigenvalue weighted by molar-refractivity contribution is 5.85. The first-order valence-electron chi connectivity index (χ1n) is 10.9. The fourth-order valence-electron chi connectivity index (χ4n) is 2.97. The van der Waals surface area contributed by atoms with Gasteiger partial charge in [-0.3, -0.25) is 9.69 Å². The predicted molar refractivity (Wildman–Crippen MR) is 124 cm³/mol. The molecule has 2 amide bonds. The average molecular weight is 481 g/mol. The molecule has 0 saturated heterocycles. The zero-order valence-corrected chi connectivity index (χ0v) is 21.1. The molecule has 4 atom stereocenters. The summed E-state index contributed by atoms with van der Waals surface area (Å²) in [6.45, 7) is 9.37. The lowest BCUT2D eigenvalue weighted by Crippen LogP contribution is -2.54. The van der Waals surface area contributed by atoms with Crippen LogP contribution in [0.5, 0.6) is 0 Å². The van der Waals surface area contributed by atoms with Gasteiger partial charge in [-0.15, -0.1) is 0 Å². The van der Waals surface area contributed by atoms with Gasteiger partial charge in [0.25, 0.3) is 0 Å². The molecular formula is C24H36N2O8. The molecule has 0 spiro atoms. The number of carbonyl (C=O) groups excluding carboxylic acids is 4. The molecule has 0 aliphatic rings. The molecule has 1 aromatic rings. The molecule has 0 bridgehead atoms. The van der Waals surface area contributed by atoms with Crippen LogP contribution in [0.1, 0.15) is 47.1 Å². The lowest BCUT2D eigenvalue weighted by Gasteiger charge is -2.33. The van der Waals surface area contributed by atoms with Gasteiger partial charge in [0.15, 0.2) is 12.1 Å². The van der Waals surface area contributed by atoms with Gasteiger partial charge in [0.2, 0.25) is 5.91 Å². The smallest absolute Gasteiger partial charge is 0.410 e. The Balaban J connectivity index is 2.98. The minimum Gasteiger partial charge on any atom is -0.459 e. The van der Waals surface area contributed by atoms with Gasteiger partial charge in [-0.2, -0.15) is 0 Å². The van der Waals surface area contributed by atoms with Crippen LogP contribution in [0.4, 0.5) is 4.79 Å². The molecule has 0 aliphatic heterocycles. The van der Waals surface area contributed by atoms with Gasteiger partial charge in [-0.05, 0) is 40.2 Å². The largest absolute Gasteiger partial charge is 0.459 e. The second kappa shape index (κ2) is 12.9. The van der Waals surface area contributed by atoms with Crippen molar-refractivity contribution in [2.45, 2.75) is 78.0 Å². The van der Waals surface area contributed by atoms with Gasteiger partial charge in [-0.25, -0.2) is 14.4 Å². The van der Waals surface area contributed by atoms with Crippen molar-refractivity contribution in [3.63, 3.8) is 0 Å². The molecule has 10 nitrogen and oxygen atoms in total. The van der Waals surface area contributed by atoms with Crippen LogP contribution in [-0.4, -0.2) is 72.9 Å². The zero-order chi connectivity index (χ0) is 26.1. The molecule has 34 heavy (non-hydrogen) atoms. The molecule has 0 saturated carbocycles. The van der Waals surface area contributed by atoms with Gasteiger partial charge in [-0.1, -0.05) is 30.3 Å². The quantitative estimate of drug-likeness (QED) is 0.400. The Hall–Kier alpha value is -3.14. The third kappa shape index (κ3) is 9.38. The minimum atomic E-state index is -1.25. The standard InChI is InChI=1S/C24H36N2O8/c1-15(19(25-17(3)27)21(28)32-14-18-12-10-9-11-13-18)33-22(29)20(16(2)31-8)26(7)23(30)34-24(4,5)6/h9-13,15-16,19-20H,14H2,1-8H3,(H,25,27)/t15-,16-,19+,20+/m1/s1. The SMILES string of the molecule is CO[C@H](C)[C@@H](C(=O)O[C@H](C)[C@H](NC(C)=O)C(=O)OCc1ccccc1)N(C)C(=O)OC(C)(C)C. The molecule has 0 radical (unpaired) electrons. The molecule has 10 heteroatoms. The number of ether oxygens (including phenoxy) is 4. The summed E-state index contributed by atoms with van der Waals surface area (Å²) in [6, 6.07) is 6.59. The number of amides is 2. The van der Waals surface area contributed by atoms with Crippen molar-refractivity contribution in [2.75, 3.05) is 14.2 Å². The number of nitrogens with zero attached hydrogens (tertiary/aromatic N) is 1. The van der Waals surface area contributed by atoms with Gasteiger partial charge < -0.3 is 24.3 Å². The zero-order valence-electron chi connectivity index (χ0n) is 21.1. The van der Waals surface area contributed by atoms with Crippen molar-refractivity contribution in [3.05, 3.63) is 35.9 Å². The monoisotopic (exact) mass is 480 g/mol. The van der Waals surface area contributed by atoms with E-state index in [1.54, 1.807) is 52.0 Å². The topological polar surface area (TPSA) is 120 Å². The van der Waals surface area contributed by atoms with Crippen molar-refractivity contribution in [2.24, 2.45) is 0 Å². The number of methoxy groups -OCH3 is 1. The summed E-state index contributed by atoms with van der Waals surface area (Å²) in [7, 11) is 2.78. The first-order valence-corrected chi connectivity index (χ1v) is 10.9. The number of nitrogens with one attached hydrogen (secondary N) is 1. The summed E-state index contributed by atoms with van der Waals surface area (Å²) in [5, 5.41) is 2.46. The lowest BCUT2D eigenvalue weighted by atomic mass is 10.1. The van der Waals surface area contributed by atoms with Gasteiger partial charge in [0.1, 0.15) is 18.3 Å². The van der Waals surface area contributed by atoms with Crippen LogP contribution in [0.15, 0.2) is 30.3 Å². The van der Waals surface area contributed by atoms with Crippen molar-refractivity contribution in [1.29, 1.82) is 0 Å². The summed E-state index contributed by atoms with van der Waals surface area (Å²) in [4.78, 5) is 51.0. The van der Waals surface area contributed by atoms with E-state index in [0.29, 0.717) is 0 Å². The Bertz CT molecular complexity index is 837. The Morgan fingerprint density at radius 3 is 2.09 bits per heavy atom.